The molecule has 0 unspecified atom stereocenters. The number of urea groups is 1. The largest absolute Gasteiger partial charge is 0.479 e. The van der Waals surface area contributed by atoms with E-state index in [2.05, 4.69) is 10.2 Å². The van der Waals surface area contributed by atoms with Crippen LogP contribution in [0.2, 0.25) is 5.02 Å². The average molecular weight is 263 g/mol. The van der Waals surface area contributed by atoms with E-state index >= 15 is 0 Å². The highest BCUT2D eigenvalue weighted by molar-refractivity contribution is 6.30. The first kappa shape index (κ1) is 13.2. The van der Waals surface area contributed by atoms with Crippen molar-refractivity contribution in [1.82, 2.24) is 5.48 Å². The number of hydroxylamine groups is 1. The first-order valence-electron chi connectivity index (χ1n) is 4.34. The molecule has 8 heteroatoms. The molecule has 0 aromatic heterocycles. The molecule has 92 valence electrons. The van der Waals surface area contributed by atoms with Crippen molar-refractivity contribution < 1.29 is 23.9 Å². The van der Waals surface area contributed by atoms with E-state index in [0.717, 1.165) is 6.07 Å². The third kappa shape index (κ3) is 4.66. The Kier molecular flexibility index (Phi) is 4.68. The summed E-state index contributed by atoms with van der Waals surface area (Å²) in [4.78, 5) is 25.5. The van der Waals surface area contributed by atoms with E-state index < -0.39 is 24.4 Å². The molecule has 1 rings (SSSR count). The lowest BCUT2D eigenvalue weighted by Crippen LogP contribution is -2.31. The lowest BCUT2D eigenvalue weighted by Gasteiger charge is -2.07. The Bertz CT molecular complexity index is 441. The van der Waals surface area contributed by atoms with Crippen LogP contribution in [0, 0.1) is 5.82 Å². The van der Waals surface area contributed by atoms with Crippen molar-refractivity contribution in [3.8, 4) is 0 Å². The van der Waals surface area contributed by atoms with Gasteiger partial charge in [-0.05, 0) is 18.2 Å². The summed E-state index contributed by atoms with van der Waals surface area (Å²) in [6.45, 7) is -0.703. The molecule has 0 atom stereocenters. The van der Waals surface area contributed by atoms with Gasteiger partial charge in [-0.15, -0.1) is 0 Å². The molecule has 1 aromatic rings. The summed E-state index contributed by atoms with van der Waals surface area (Å²) < 4.78 is 13.1. The quantitative estimate of drug-likeness (QED) is 0.720. The summed E-state index contributed by atoms with van der Waals surface area (Å²) in [5.41, 5.74) is 1.62. The van der Waals surface area contributed by atoms with Crippen molar-refractivity contribution in [2.75, 3.05) is 11.9 Å². The molecule has 0 saturated heterocycles. The number of anilines is 1. The molecule has 0 aliphatic carbocycles. The molecule has 0 heterocycles. The third-order valence-electron chi connectivity index (χ3n) is 1.54. The standard InChI is InChI=1S/C9H8ClFN2O4/c10-5-1-2-6(11)7(3-5)12-9(16)13-17-4-8(14)15/h1-3H,4H2,(H,14,15)(H2,12,13,16). The summed E-state index contributed by atoms with van der Waals surface area (Å²) in [7, 11) is 0. The number of nitrogens with one attached hydrogen (secondary N) is 2. The number of amides is 2. The fourth-order valence-electron chi connectivity index (χ4n) is 0.904. The zero-order chi connectivity index (χ0) is 12.8. The van der Waals surface area contributed by atoms with Crippen LogP contribution < -0.4 is 10.8 Å². The Labute approximate surface area is 100 Å². The lowest BCUT2D eigenvalue weighted by molar-refractivity contribution is -0.143. The number of rotatable bonds is 4. The van der Waals surface area contributed by atoms with E-state index in [1.807, 2.05) is 0 Å². The monoisotopic (exact) mass is 262 g/mol. The molecule has 0 radical (unpaired) electrons. The van der Waals surface area contributed by atoms with Gasteiger partial charge in [0.05, 0.1) is 5.69 Å². The minimum Gasteiger partial charge on any atom is -0.479 e. The van der Waals surface area contributed by atoms with E-state index in [1.165, 1.54) is 12.1 Å². The summed E-state index contributed by atoms with van der Waals surface area (Å²) in [6.07, 6.45) is 0. The van der Waals surface area contributed by atoms with Crippen LogP contribution in [0.4, 0.5) is 14.9 Å². The topological polar surface area (TPSA) is 87.7 Å². The highest BCUT2D eigenvalue weighted by Gasteiger charge is 2.07. The maximum absolute atomic E-state index is 13.1. The number of carbonyl (C=O) groups excluding carboxylic acids is 1. The van der Waals surface area contributed by atoms with Crippen LogP contribution in [0.1, 0.15) is 0 Å². The van der Waals surface area contributed by atoms with Crippen LogP contribution in [-0.4, -0.2) is 23.7 Å². The number of hydrogen-bond donors (Lipinski definition) is 3. The van der Waals surface area contributed by atoms with Crippen molar-refractivity contribution in [3.63, 3.8) is 0 Å². The molecule has 0 fully saturated rings. The van der Waals surface area contributed by atoms with Gasteiger partial charge in [0.2, 0.25) is 0 Å². The average Bonchev–Trinajstić information content (AvgIpc) is 2.23. The van der Waals surface area contributed by atoms with Crippen LogP contribution in [0.25, 0.3) is 0 Å². The van der Waals surface area contributed by atoms with E-state index in [-0.39, 0.29) is 10.7 Å². The van der Waals surface area contributed by atoms with Crippen molar-refractivity contribution in [2.45, 2.75) is 0 Å². The number of carboxylic acids is 1. The van der Waals surface area contributed by atoms with Crippen LogP contribution in [-0.2, 0) is 9.63 Å². The second-order valence-electron chi connectivity index (χ2n) is 2.86. The normalized spacial score (nSPS) is 9.76. The van der Waals surface area contributed by atoms with E-state index in [0.29, 0.717) is 0 Å². The molecule has 0 aliphatic heterocycles. The van der Waals surface area contributed by atoms with Gasteiger partial charge in [0.25, 0.3) is 0 Å². The first-order valence-corrected chi connectivity index (χ1v) is 4.72. The molecule has 0 aliphatic rings. The van der Waals surface area contributed by atoms with E-state index in [4.69, 9.17) is 16.7 Å². The number of halogens is 2. The summed E-state index contributed by atoms with van der Waals surface area (Å²) in [5.74, 6) is -1.93. The second kappa shape index (κ2) is 6.02. The van der Waals surface area contributed by atoms with Gasteiger partial charge in [0.15, 0.2) is 6.61 Å². The number of carbonyl (C=O) groups is 2. The van der Waals surface area contributed by atoms with Gasteiger partial charge in [0.1, 0.15) is 5.82 Å². The van der Waals surface area contributed by atoms with Crippen LogP contribution in [0.3, 0.4) is 0 Å². The molecule has 0 saturated carbocycles. The molecule has 1 aromatic carbocycles. The van der Waals surface area contributed by atoms with Crippen molar-refractivity contribution >= 4 is 29.3 Å². The Morgan fingerprint density at radius 1 is 1.47 bits per heavy atom. The van der Waals surface area contributed by atoms with Crippen molar-refractivity contribution in [3.05, 3.63) is 29.0 Å². The summed E-state index contributed by atoms with van der Waals surface area (Å²) in [6, 6.07) is 2.69. The fraction of sp³-hybridized carbons (Fsp3) is 0.111. The van der Waals surface area contributed by atoms with Crippen LogP contribution in [0.15, 0.2) is 18.2 Å². The predicted octanol–water partition coefficient (Wildman–Crippen LogP) is 1.62. The molecule has 6 nitrogen and oxygen atoms in total. The summed E-state index contributed by atoms with van der Waals surface area (Å²) in [5, 5.41) is 10.6. The Morgan fingerprint density at radius 2 is 2.18 bits per heavy atom. The number of carboxylic acid groups (broad SMARTS) is 1. The Balaban J connectivity index is 2.50. The number of benzene rings is 1. The zero-order valence-electron chi connectivity index (χ0n) is 8.37. The van der Waals surface area contributed by atoms with Gasteiger partial charge in [-0.3, -0.25) is 4.84 Å². The highest BCUT2D eigenvalue weighted by atomic mass is 35.5. The third-order valence-corrected chi connectivity index (χ3v) is 1.77. The molecule has 0 spiro atoms. The maximum atomic E-state index is 13.1. The Hall–Kier alpha value is -1.86. The zero-order valence-corrected chi connectivity index (χ0v) is 9.12. The van der Waals surface area contributed by atoms with Gasteiger partial charge < -0.3 is 10.4 Å². The SMILES string of the molecule is O=C(O)CONC(=O)Nc1cc(Cl)ccc1F. The molecule has 17 heavy (non-hydrogen) atoms. The second-order valence-corrected chi connectivity index (χ2v) is 3.30. The highest BCUT2D eigenvalue weighted by Crippen LogP contribution is 2.19. The molecular formula is C9H8ClFN2O4. The van der Waals surface area contributed by atoms with Gasteiger partial charge >= 0.3 is 12.0 Å². The van der Waals surface area contributed by atoms with Gasteiger partial charge in [-0.25, -0.2) is 19.5 Å². The minimum atomic E-state index is -1.25. The first-order chi connectivity index (χ1) is 7.99. The Morgan fingerprint density at radius 3 is 2.82 bits per heavy atom. The molecular weight excluding hydrogens is 255 g/mol. The molecule has 2 amide bonds. The van der Waals surface area contributed by atoms with Crippen molar-refractivity contribution in [2.24, 2.45) is 0 Å². The summed E-state index contributed by atoms with van der Waals surface area (Å²) >= 11 is 5.60. The minimum absolute atomic E-state index is 0.145. The molecule has 3 N–H and O–H groups in total. The van der Waals surface area contributed by atoms with Gasteiger partial charge in [0, 0.05) is 5.02 Å². The van der Waals surface area contributed by atoms with Crippen LogP contribution in [0.5, 0.6) is 0 Å². The van der Waals surface area contributed by atoms with E-state index in [9.17, 15) is 14.0 Å². The fourth-order valence-corrected chi connectivity index (χ4v) is 1.08. The van der Waals surface area contributed by atoms with Gasteiger partial charge in [-0.1, -0.05) is 11.6 Å². The lowest BCUT2D eigenvalue weighted by atomic mass is 10.3. The predicted molar refractivity (Wildman–Crippen MR) is 57.2 cm³/mol. The van der Waals surface area contributed by atoms with Gasteiger partial charge in [-0.2, -0.15) is 0 Å². The smallest absolute Gasteiger partial charge is 0.343 e. The van der Waals surface area contributed by atoms with Crippen molar-refractivity contribution in [1.29, 1.82) is 0 Å². The number of aliphatic carboxylic acids is 1. The van der Waals surface area contributed by atoms with E-state index in [1.54, 1.807) is 5.48 Å². The van der Waals surface area contributed by atoms with Crippen LogP contribution >= 0.6 is 11.6 Å². The molecule has 0 bridgehead atoms. The number of hydrogen-bond acceptors (Lipinski definition) is 3. The maximum Gasteiger partial charge on any atom is 0.343 e.